The number of nitrogens with one attached hydrogen (secondary N) is 2. The van der Waals surface area contributed by atoms with Crippen LogP contribution in [0.25, 0.3) is 11.1 Å². The number of aromatic nitrogens is 4. The second-order valence-corrected chi connectivity index (χ2v) is 11.3. The van der Waals surface area contributed by atoms with Gasteiger partial charge in [-0.05, 0) is 54.3 Å². The number of carbonyl (C=O) groups excluding carboxylic acids is 2. The first kappa shape index (κ1) is 30.3. The van der Waals surface area contributed by atoms with Gasteiger partial charge < -0.3 is 10.6 Å². The maximum absolute atomic E-state index is 14.2. The fraction of sp³-hybridized carbons (Fsp3) is 0.158. The van der Waals surface area contributed by atoms with Gasteiger partial charge in [-0.2, -0.15) is 10.2 Å². The molecule has 1 atom stereocenters. The quantitative estimate of drug-likeness (QED) is 0.185. The summed E-state index contributed by atoms with van der Waals surface area (Å²) in [6.45, 7) is 4.79. The predicted molar refractivity (Wildman–Crippen MR) is 180 cm³/mol. The van der Waals surface area contributed by atoms with Gasteiger partial charge in [-0.1, -0.05) is 103 Å². The van der Waals surface area contributed by atoms with Crippen LogP contribution in [-0.2, 0) is 18.4 Å². The van der Waals surface area contributed by atoms with E-state index in [1.165, 1.54) is 10.2 Å². The van der Waals surface area contributed by atoms with Gasteiger partial charge in [-0.25, -0.2) is 0 Å². The highest BCUT2D eigenvalue weighted by Gasteiger charge is 2.33. The summed E-state index contributed by atoms with van der Waals surface area (Å²) < 4.78 is 3.52. The smallest absolute Gasteiger partial charge is 0.270 e. The second-order valence-electron chi connectivity index (χ2n) is 11.3. The third-order valence-electron chi connectivity index (χ3n) is 8.27. The molecule has 0 spiro atoms. The van der Waals surface area contributed by atoms with Crippen LogP contribution in [0.2, 0.25) is 0 Å². The monoisotopic (exact) mass is 608 g/mol. The standard InChI is InChI=1S/C38H36N6O2/c1-26-34(27(2)44(42-26)25-28-13-7-4-8-14-28)31-19-21-32(22-20-31)40-38(46)36(41-37(45)33-23-24-39-43(33)3)35(29-15-9-5-10-16-29)30-17-11-6-12-18-30/h4-24,35-36H,25H2,1-3H3,(H,40,46)(H,41,45)/t36-/m0/s1. The van der Waals surface area contributed by atoms with E-state index >= 15 is 0 Å². The third-order valence-corrected chi connectivity index (χ3v) is 8.27. The summed E-state index contributed by atoms with van der Waals surface area (Å²) >= 11 is 0. The van der Waals surface area contributed by atoms with Crippen molar-refractivity contribution in [3.05, 3.63) is 161 Å². The maximum Gasteiger partial charge on any atom is 0.270 e. The van der Waals surface area contributed by atoms with Crippen molar-refractivity contribution in [3.8, 4) is 11.1 Å². The normalized spacial score (nSPS) is 11.7. The molecule has 4 aromatic carbocycles. The van der Waals surface area contributed by atoms with Crippen molar-refractivity contribution in [2.75, 3.05) is 5.32 Å². The molecule has 0 bridgehead atoms. The van der Waals surface area contributed by atoms with E-state index in [1.807, 2.05) is 115 Å². The molecule has 6 rings (SSSR count). The van der Waals surface area contributed by atoms with Crippen LogP contribution in [0, 0.1) is 13.8 Å². The lowest BCUT2D eigenvalue weighted by Crippen LogP contribution is -2.48. The molecule has 8 heteroatoms. The first-order valence-corrected chi connectivity index (χ1v) is 15.3. The van der Waals surface area contributed by atoms with Gasteiger partial charge >= 0.3 is 0 Å². The fourth-order valence-corrected chi connectivity index (χ4v) is 5.98. The van der Waals surface area contributed by atoms with E-state index in [0.29, 0.717) is 17.9 Å². The topological polar surface area (TPSA) is 93.8 Å². The average Bonchev–Trinajstić information content (AvgIpc) is 3.63. The van der Waals surface area contributed by atoms with Crippen LogP contribution in [-0.4, -0.2) is 37.4 Å². The van der Waals surface area contributed by atoms with Gasteiger partial charge in [-0.15, -0.1) is 0 Å². The zero-order chi connectivity index (χ0) is 32.0. The predicted octanol–water partition coefficient (Wildman–Crippen LogP) is 6.52. The van der Waals surface area contributed by atoms with E-state index in [9.17, 15) is 9.59 Å². The first-order valence-electron chi connectivity index (χ1n) is 15.3. The Morgan fingerprint density at radius 3 is 1.91 bits per heavy atom. The molecular weight excluding hydrogens is 572 g/mol. The van der Waals surface area contributed by atoms with Gasteiger partial charge in [0.2, 0.25) is 5.91 Å². The van der Waals surface area contributed by atoms with Crippen molar-refractivity contribution in [1.29, 1.82) is 0 Å². The number of hydrogen-bond donors (Lipinski definition) is 2. The minimum Gasteiger partial charge on any atom is -0.338 e. The Morgan fingerprint density at radius 2 is 1.35 bits per heavy atom. The highest BCUT2D eigenvalue weighted by molar-refractivity contribution is 6.01. The Bertz CT molecular complexity index is 1890. The van der Waals surface area contributed by atoms with Gasteiger partial charge in [0.05, 0.1) is 12.2 Å². The van der Waals surface area contributed by atoms with Crippen molar-refractivity contribution in [1.82, 2.24) is 24.9 Å². The van der Waals surface area contributed by atoms with Crippen molar-refractivity contribution in [2.24, 2.45) is 7.05 Å². The van der Waals surface area contributed by atoms with Gasteiger partial charge in [0, 0.05) is 36.1 Å². The number of amides is 2. The van der Waals surface area contributed by atoms with E-state index in [-0.39, 0.29) is 11.8 Å². The Kier molecular flexibility index (Phi) is 8.87. The lowest BCUT2D eigenvalue weighted by Gasteiger charge is -2.28. The molecule has 0 saturated carbocycles. The van der Waals surface area contributed by atoms with Crippen molar-refractivity contribution in [2.45, 2.75) is 32.4 Å². The Labute approximate surface area is 268 Å². The fourth-order valence-electron chi connectivity index (χ4n) is 5.98. The molecule has 2 aromatic heterocycles. The minimum atomic E-state index is -0.924. The Balaban J connectivity index is 1.29. The molecule has 0 unspecified atom stereocenters. The molecule has 0 aliphatic rings. The summed E-state index contributed by atoms with van der Waals surface area (Å²) in [5.41, 5.74) is 8.10. The largest absolute Gasteiger partial charge is 0.338 e. The number of carbonyl (C=O) groups is 2. The molecule has 8 nitrogen and oxygen atoms in total. The highest BCUT2D eigenvalue weighted by Crippen LogP contribution is 2.31. The van der Waals surface area contributed by atoms with Crippen molar-refractivity contribution >= 4 is 17.5 Å². The number of hydrogen-bond acceptors (Lipinski definition) is 4. The SMILES string of the molecule is Cc1nn(Cc2ccccc2)c(C)c1-c1ccc(NC(=O)[C@@H](NC(=O)c2ccnn2C)C(c2ccccc2)c2ccccc2)cc1. The van der Waals surface area contributed by atoms with Crippen LogP contribution in [0.5, 0.6) is 0 Å². The minimum absolute atomic E-state index is 0.330. The van der Waals surface area contributed by atoms with Crippen LogP contribution in [0.4, 0.5) is 5.69 Å². The molecular formula is C38H36N6O2. The Hall–Kier alpha value is -5.76. The average molecular weight is 609 g/mol. The molecule has 2 heterocycles. The van der Waals surface area contributed by atoms with Crippen molar-refractivity contribution < 1.29 is 9.59 Å². The van der Waals surface area contributed by atoms with Crippen LogP contribution in [0.15, 0.2) is 128 Å². The number of benzene rings is 4. The molecule has 0 aliphatic carbocycles. The molecule has 2 amide bonds. The lowest BCUT2D eigenvalue weighted by atomic mass is 9.84. The highest BCUT2D eigenvalue weighted by atomic mass is 16.2. The summed E-state index contributed by atoms with van der Waals surface area (Å²) in [6.07, 6.45) is 1.56. The summed E-state index contributed by atoms with van der Waals surface area (Å²) in [6, 6.07) is 38.3. The molecule has 6 aromatic rings. The number of rotatable bonds is 10. The maximum atomic E-state index is 14.2. The second kappa shape index (κ2) is 13.5. The molecule has 2 N–H and O–H groups in total. The molecule has 0 fully saturated rings. The van der Waals surface area contributed by atoms with Gasteiger partial charge in [0.1, 0.15) is 11.7 Å². The summed E-state index contributed by atoms with van der Waals surface area (Å²) in [5.74, 6) is -1.16. The van der Waals surface area contributed by atoms with Crippen LogP contribution >= 0.6 is 0 Å². The van der Waals surface area contributed by atoms with Crippen LogP contribution in [0.3, 0.4) is 0 Å². The molecule has 46 heavy (non-hydrogen) atoms. The van der Waals surface area contributed by atoms with Gasteiger partial charge in [-0.3, -0.25) is 19.0 Å². The summed E-state index contributed by atoms with van der Waals surface area (Å²) in [4.78, 5) is 27.7. The van der Waals surface area contributed by atoms with E-state index in [0.717, 1.165) is 33.6 Å². The summed E-state index contributed by atoms with van der Waals surface area (Å²) in [5, 5.41) is 15.0. The number of aryl methyl sites for hydroxylation is 2. The summed E-state index contributed by atoms with van der Waals surface area (Å²) in [7, 11) is 1.70. The Morgan fingerprint density at radius 1 is 0.761 bits per heavy atom. The molecule has 0 aliphatic heterocycles. The number of anilines is 1. The zero-order valence-electron chi connectivity index (χ0n) is 26.1. The van der Waals surface area contributed by atoms with Crippen LogP contribution < -0.4 is 10.6 Å². The van der Waals surface area contributed by atoms with E-state index in [1.54, 1.807) is 19.3 Å². The lowest BCUT2D eigenvalue weighted by molar-refractivity contribution is -0.118. The molecule has 230 valence electrons. The first-order chi connectivity index (χ1) is 22.4. The van der Waals surface area contributed by atoms with Gasteiger partial charge in [0.15, 0.2) is 0 Å². The van der Waals surface area contributed by atoms with E-state index in [2.05, 4.69) is 34.8 Å². The molecule has 0 saturated heterocycles. The van der Waals surface area contributed by atoms with E-state index in [4.69, 9.17) is 5.10 Å². The third kappa shape index (κ3) is 6.51. The molecule has 0 radical (unpaired) electrons. The van der Waals surface area contributed by atoms with Crippen molar-refractivity contribution in [3.63, 3.8) is 0 Å². The van der Waals surface area contributed by atoms with E-state index < -0.39 is 12.0 Å². The van der Waals surface area contributed by atoms with Crippen LogP contribution in [0.1, 0.15) is 44.5 Å². The van der Waals surface area contributed by atoms with Gasteiger partial charge in [0.25, 0.3) is 5.91 Å². The zero-order valence-corrected chi connectivity index (χ0v) is 26.1. The number of nitrogens with zero attached hydrogens (tertiary/aromatic N) is 4.